The molecule has 0 aromatic carbocycles. The summed E-state index contributed by atoms with van der Waals surface area (Å²) in [7, 11) is 0. The van der Waals surface area contributed by atoms with E-state index in [0.29, 0.717) is 6.04 Å². The van der Waals surface area contributed by atoms with Gasteiger partial charge in [0.2, 0.25) is 5.91 Å². The average Bonchev–Trinajstić information content (AvgIpc) is 2.86. The maximum atomic E-state index is 11.7. The Morgan fingerprint density at radius 2 is 2.20 bits per heavy atom. The predicted molar refractivity (Wildman–Crippen MR) is 60.5 cm³/mol. The highest BCUT2D eigenvalue weighted by Gasteiger charge is 2.50. The Hall–Kier alpha value is -0.570. The smallest absolute Gasteiger partial charge is 0.223 e. The van der Waals surface area contributed by atoms with Gasteiger partial charge in [-0.05, 0) is 31.2 Å². The zero-order valence-corrected chi connectivity index (χ0v) is 9.81. The quantitative estimate of drug-likeness (QED) is 0.737. The van der Waals surface area contributed by atoms with Crippen LogP contribution in [0.25, 0.3) is 0 Å². The van der Waals surface area contributed by atoms with Gasteiger partial charge in [0, 0.05) is 18.5 Å². The van der Waals surface area contributed by atoms with Gasteiger partial charge in [0.15, 0.2) is 0 Å². The maximum Gasteiger partial charge on any atom is 0.223 e. The van der Waals surface area contributed by atoms with Crippen molar-refractivity contribution in [2.24, 2.45) is 11.3 Å². The summed E-state index contributed by atoms with van der Waals surface area (Å²) in [5, 5.41) is 6.51. The molecule has 0 bridgehead atoms. The Balaban J connectivity index is 1.67. The normalized spacial score (nSPS) is 33.5. The molecule has 15 heavy (non-hydrogen) atoms. The first-order valence-electron chi connectivity index (χ1n) is 6.11. The number of hydrogen-bond donors (Lipinski definition) is 2. The third-order valence-electron chi connectivity index (χ3n) is 3.76. The van der Waals surface area contributed by atoms with Gasteiger partial charge in [-0.25, -0.2) is 0 Å². The fraction of sp³-hybridized carbons (Fsp3) is 0.917. The number of nitrogens with one attached hydrogen (secondary N) is 2. The predicted octanol–water partition coefficient (Wildman–Crippen LogP) is 1.29. The zero-order valence-electron chi connectivity index (χ0n) is 9.81. The minimum Gasteiger partial charge on any atom is -0.354 e. The second-order valence-corrected chi connectivity index (χ2v) is 5.64. The monoisotopic (exact) mass is 210 g/mol. The lowest BCUT2D eigenvalue weighted by molar-refractivity contribution is -0.123. The van der Waals surface area contributed by atoms with Gasteiger partial charge in [-0.2, -0.15) is 0 Å². The van der Waals surface area contributed by atoms with Crippen LogP contribution in [0.5, 0.6) is 0 Å². The summed E-state index contributed by atoms with van der Waals surface area (Å²) in [5.41, 5.74) is 0.254. The minimum atomic E-state index is 0.254. The van der Waals surface area contributed by atoms with E-state index in [0.717, 1.165) is 19.5 Å². The van der Waals surface area contributed by atoms with Crippen LogP contribution in [0.4, 0.5) is 0 Å². The number of amides is 1. The van der Waals surface area contributed by atoms with Crippen molar-refractivity contribution in [3.8, 4) is 0 Å². The fourth-order valence-electron chi connectivity index (χ4n) is 2.36. The Bertz CT molecular complexity index is 244. The van der Waals surface area contributed by atoms with E-state index >= 15 is 0 Å². The van der Waals surface area contributed by atoms with Crippen molar-refractivity contribution in [1.82, 2.24) is 10.6 Å². The lowest BCUT2D eigenvalue weighted by Crippen LogP contribution is -2.44. The van der Waals surface area contributed by atoms with E-state index in [1.807, 2.05) is 0 Å². The Kier molecular flexibility index (Phi) is 3.01. The Morgan fingerprint density at radius 3 is 2.73 bits per heavy atom. The first kappa shape index (κ1) is 10.9. The highest BCUT2D eigenvalue weighted by atomic mass is 16.2. The van der Waals surface area contributed by atoms with Crippen molar-refractivity contribution in [3.05, 3.63) is 0 Å². The van der Waals surface area contributed by atoms with Gasteiger partial charge < -0.3 is 10.6 Å². The van der Waals surface area contributed by atoms with Crippen LogP contribution in [0.15, 0.2) is 0 Å². The van der Waals surface area contributed by atoms with Gasteiger partial charge >= 0.3 is 0 Å². The summed E-state index contributed by atoms with van der Waals surface area (Å²) in [6.45, 7) is 6.24. The Labute approximate surface area is 92.0 Å². The first-order chi connectivity index (χ1) is 7.09. The number of piperidine rings is 1. The van der Waals surface area contributed by atoms with Gasteiger partial charge in [0.25, 0.3) is 0 Å². The van der Waals surface area contributed by atoms with E-state index in [-0.39, 0.29) is 17.2 Å². The topological polar surface area (TPSA) is 41.1 Å². The molecule has 3 heteroatoms. The molecule has 2 atom stereocenters. The molecule has 0 spiro atoms. The van der Waals surface area contributed by atoms with Gasteiger partial charge in [0.1, 0.15) is 0 Å². The summed E-state index contributed by atoms with van der Waals surface area (Å²) in [6.07, 6.45) is 4.83. The van der Waals surface area contributed by atoms with Crippen molar-refractivity contribution in [1.29, 1.82) is 0 Å². The van der Waals surface area contributed by atoms with Gasteiger partial charge in [-0.1, -0.05) is 20.3 Å². The van der Waals surface area contributed by atoms with Crippen molar-refractivity contribution >= 4 is 5.91 Å². The molecule has 0 aromatic rings. The van der Waals surface area contributed by atoms with Crippen LogP contribution in [0.2, 0.25) is 0 Å². The summed E-state index contributed by atoms with van der Waals surface area (Å²) in [5.74, 6) is 0.522. The van der Waals surface area contributed by atoms with E-state index in [9.17, 15) is 4.79 Å². The van der Waals surface area contributed by atoms with Crippen LogP contribution in [-0.4, -0.2) is 25.0 Å². The molecule has 0 radical (unpaired) electrons. The molecule has 86 valence electrons. The summed E-state index contributed by atoms with van der Waals surface area (Å²) in [6, 6.07) is 0.504. The number of hydrogen-bond acceptors (Lipinski definition) is 2. The lowest BCUT2D eigenvalue weighted by atomic mass is 10.0. The minimum absolute atomic E-state index is 0.254. The first-order valence-corrected chi connectivity index (χ1v) is 6.11. The molecule has 1 aliphatic carbocycles. The third-order valence-corrected chi connectivity index (χ3v) is 3.76. The van der Waals surface area contributed by atoms with Crippen molar-refractivity contribution in [3.63, 3.8) is 0 Å². The van der Waals surface area contributed by atoms with Crippen LogP contribution < -0.4 is 10.6 Å². The van der Waals surface area contributed by atoms with Gasteiger partial charge in [-0.3, -0.25) is 4.79 Å². The molecule has 1 saturated heterocycles. The lowest BCUT2D eigenvalue weighted by Gasteiger charge is -2.23. The molecular formula is C12H22N2O. The summed E-state index contributed by atoms with van der Waals surface area (Å²) in [4.78, 5) is 11.7. The van der Waals surface area contributed by atoms with Gasteiger partial charge in [0.05, 0.1) is 0 Å². The highest BCUT2D eigenvalue weighted by Crippen LogP contribution is 2.51. The summed E-state index contributed by atoms with van der Waals surface area (Å²) < 4.78 is 0. The molecule has 1 amide bonds. The highest BCUT2D eigenvalue weighted by molar-refractivity contribution is 5.82. The molecule has 1 aliphatic heterocycles. The standard InChI is InChI=1S/C12H22N2O/c1-12(2)7-10(12)11(15)14-8-9-5-3-4-6-13-9/h9-10,13H,3-8H2,1-2H3,(H,14,15). The molecular weight excluding hydrogens is 188 g/mol. The zero-order chi connectivity index (χ0) is 10.9. The third kappa shape index (κ3) is 2.71. The SMILES string of the molecule is CC1(C)CC1C(=O)NCC1CCCCN1. The van der Waals surface area contributed by atoms with E-state index in [1.165, 1.54) is 19.3 Å². The number of carbonyl (C=O) groups excluding carboxylic acids is 1. The van der Waals surface area contributed by atoms with Crippen LogP contribution in [0.3, 0.4) is 0 Å². The summed E-state index contributed by atoms with van der Waals surface area (Å²) >= 11 is 0. The van der Waals surface area contributed by atoms with Crippen LogP contribution in [0, 0.1) is 11.3 Å². The molecule has 1 saturated carbocycles. The van der Waals surface area contributed by atoms with E-state index in [4.69, 9.17) is 0 Å². The van der Waals surface area contributed by atoms with E-state index < -0.39 is 0 Å². The van der Waals surface area contributed by atoms with Crippen LogP contribution in [0.1, 0.15) is 39.5 Å². The maximum absolute atomic E-state index is 11.7. The fourth-order valence-corrected chi connectivity index (χ4v) is 2.36. The second kappa shape index (κ2) is 4.12. The molecule has 2 rings (SSSR count). The molecule has 2 fully saturated rings. The molecule has 1 heterocycles. The molecule has 3 nitrogen and oxygen atoms in total. The van der Waals surface area contributed by atoms with Crippen molar-refractivity contribution < 1.29 is 4.79 Å². The van der Waals surface area contributed by atoms with Crippen LogP contribution >= 0.6 is 0 Å². The van der Waals surface area contributed by atoms with Crippen molar-refractivity contribution in [2.45, 2.75) is 45.6 Å². The molecule has 2 unspecified atom stereocenters. The van der Waals surface area contributed by atoms with Gasteiger partial charge in [-0.15, -0.1) is 0 Å². The van der Waals surface area contributed by atoms with Crippen molar-refractivity contribution in [2.75, 3.05) is 13.1 Å². The van der Waals surface area contributed by atoms with E-state index in [2.05, 4.69) is 24.5 Å². The molecule has 2 aliphatic rings. The number of carbonyl (C=O) groups is 1. The van der Waals surface area contributed by atoms with Crippen LogP contribution in [-0.2, 0) is 4.79 Å². The molecule has 2 N–H and O–H groups in total. The molecule has 0 aromatic heterocycles. The average molecular weight is 210 g/mol. The second-order valence-electron chi connectivity index (χ2n) is 5.64. The number of rotatable bonds is 3. The van der Waals surface area contributed by atoms with E-state index in [1.54, 1.807) is 0 Å². The largest absolute Gasteiger partial charge is 0.354 e. The Morgan fingerprint density at radius 1 is 1.47 bits per heavy atom.